The first kappa shape index (κ1) is 13.2. The van der Waals surface area contributed by atoms with Gasteiger partial charge in [-0.1, -0.05) is 48.2 Å². The van der Waals surface area contributed by atoms with Crippen LogP contribution in [0.15, 0.2) is 60.7 Å². The third-order valence-electron chi connectivity index (χ3n) is 2.56. The van der Waals surface area contributed by atoms with Crippen LogP contribution in [0.2, 0.25) is 0 Å². The minimum Gasteiger partial charge on any atom is -0.493 e. The van der Waals surface area contributed by atoms with E-state index in [2.05, 4.69) is 11.8 Å². The standard InChI is InChI=1S/C17H16O2/c18-16(12-11-15-7-3-1-4-8-15)13-14-19-17-9-5-2-6-10-17/h1-10,16,18H,13-14H2/t16-/m0/s1. The van der Waals surface area contributed by atoms with Crippen molar-refractivity contribution in [2.75, 3.05) is 6.61 Å². The molecule has 0 saturated carbocycles. The van der Waals surface area contributed by atoms with Gasteiger partial charge in [-0.2, -0.15) is 0 Å². The van der Waals surface area contributed by atoms with Crippen molar-refractivity contribution in [3.05, 3.63) is 66.2 Å². The van der Waals surface area contributed by atoms with Gasteiger partial charge in [-0.15, -0.1) is 0 Å². The molecule has 1 atom stereocenters. The molecule has 0 spiro atoms. The Morgan fingerprint density at radius 2 is 1.58 bits per heavy atom. The molecule has 0 aliphatic carbocycles. The molecule has 2 aromatic carbocycles. The van der Waals surface area contributed by atoms with E-state index in [9.17, 15) is 5.11 Å². The number of aliphatic hydroxyl groups excluding tert-OH is 1. The molecular formula is C17H16O2. The molecule has 1 N–H and O–H groups in total. The van der Waals surface area contributed by atoms with E-state index in [1.54, 1.807) is 0 Å². The molecule has 2 nitrogen and oxygen atoms in total. The molecule has 96 valence electrons. The Morgan fingerprint density at radius 1 is 0.947 bits per heavy atom. The van der Waals surface area contributed by atoms with Crippen molar-refractivity contribution in [2.45, 2.75) is 12.5 Å². The molecule has 0 fully saturated rings. The van der Waals surface area contributed by atoms with Crippen molar-refractivity contribution < 1.29 is 9.84 Å². The Balaban J connectivity index is 1.76. The van der Waals surface area contributed by atoms with Crippen LogP contribution in [0.4, 0.5) is 0 Å². The van der Waals surface area contributed by atoms with E-state index in [0.29, 0.717) is 13.0 Å². The topological polar surface area (TPSA) is 29.5 Å². The highest BCUT2D eigenvalue weighted by Gasteiger charge is 1.99. The first-order chi connectivity index (χ1) is 9.34. The summed E-state index contributed by atoms with van der Waals surface area (Å²) >= 11 is 0. The van der Waals surface area contributed by atoms with Crippen molar-refractivity contribution in [1.29, 1.82) is 0 Å². The lowest BCUT2D eigenvalue weighted by molar-refractivity contribution is 0.185. The molecule has 2 heteroatoms. The highest BCUT2D eigenvalue weighted by molar-refractivity contribution is 5.34. The van der Waals surface area contributed by atoms with E-state index in [-0.39, 0.29) is 0 Å². The van der Waals surface area contributed by atoms with Crippen LogP contribution in [0.1, 0.15) is 12.0 Å². The lowest BCUT2D eigenvalue weighted by Crippen LogP contribution is -2.09. The molecule has 0 bridgehead atoms. The summed E-state index contributed by atoms with van der Waals surface area (Å²) in [4.78, 5) is 0. The molecule has 0 heterocycles. The van der Waals surface area contributed by atoms with Gasteiger partial charge in [0.25, 0.3) is 0 Å². The minimum atomic E-state index is -0.663. The number of ether oxygens (including phenoxy) is 1. The second-order valence-electron chi connectivity index (χ2n) is 4.10. The largest absolute Gasteiger partial charge is 0.493 e. The fourth-order valence-electron chi connectivity index (χ4n) is 1.57. The molecule has 0 amide bonds. The van der Waals surface area contributed by atoms with Gasteiger partial charge in [-0.05, 0) is 24.3 Å². The van der Waals surface area contributed by atoms with Gasteiger partial charge in [-0.3, -0.25) is 0 Å². The van der Waals surface area contributed by atoms with Crippen molar-refractivity contribution in [1.82, 2.24) is 0 Å². The number of rotatable bonds is 4. The van der Waals surface area contributed by atoms with Gasteiger partial charge >= 0.3 is 0 Å². The molecule has 0 radical (unpaired) electrons. The van der Waals surface area contributed by atoms with Gasteiger partial charge in [-0.25, -0.2) is 0 Å². The molecule has 0 unspecified atom stereocenters. The normalized spacial score (nSPS) is 11.2. The first-order valence-electron chi connectivity index (χ1n) is 6.27. The van der Waals surface area contributed by atoms with Crippen LogP contribution in [0, 0.1) is 11.8 Å². The van der Waals surface area contributed by atoms with Crippen LogP contribution < -0.4 is 4.74 Å². The molecule has 19 heavy (non-hydrogen) atoms. The number of hydrogen-bond donors (Lipinski definition) is 1. The number of hydrogen-bond acceptors (Lipinski definition) is 2. The van der Waals surface area contributed by atoms with Gasteiger partial charge in [0.15, 0.2) is 0 Å². The summed E-state index contributed by atoms with van der Waals surface area (Å²) in [6.07, 6.45) is -0.168. The maximum absolute atomic E-state index is 9.73. The Hall–Kier alpha value is -2.24. The fourth-order valence-corrected chi connectivity index (χ4v) is 1.57. The third-order valence-corrected chi connectivity index (χ3v) is 2.56. The average molecular weight is 252 g/mol. The molecule has 2 aromatic rings. The first-order valence-corrected chi connectivity index (χ1v) is 6.27. The predicted molar refractivity (Wildman–Crippen MR) is 75.9 cm³/mol. The SMILES string of the molecule is O[C@@H](C#Cc1ccccc1)CCOc1ccccc1. The predicted octanol–water partition coefficient (Wildman–Crippen LogP) is 2.87. The van der Waals surface area contributed by atoms with Gasteiger partial charge in [0, 0.05) is 12.0 Å². The van der Waals surface area contributed by atoms with Gasteiger partial charge in [0.2, 0.25) is 0 Å². The Bertz CT molecular complexity index is 538. The van der Waals surface area contributed by atoms with Crippen molar-refractivity contribution in [3.63, 3.8) is 0 Å². The maximum Gasteiger partial charge on any atom is 0.119 e. The van der Waals surface area contributed by atoms with E-state index in [0.717, 1.165) is 11.3 Å². The van der Waals surface area contributed by atoms with Crippen LogP contribution in [-0.2, 0) is 0 Å². The molecule has 0 aliphatic rings. The molecule has 0 aliphatic heterocycles. The van der Waals surface area contributed by atoms with E-state index in [1.807, 2.05) is 60.7 Å². The monoisotopic (exact) mass is 252 g/mol. The minimum absolute atomic E-state index is 0.453. The Kier molecular flexibility index (Phi) is 5.04. The fraction of sp³-hybridized carbons (Fsp3) is 0.176. The smallest absolute Gasteiger partial charge is 0.119 e. The van der Waals surface area contributed by atoms with E-state index in [1.165, 1.54) is 0 Å². The summed E-state index contributed by atoms with van der Waals surface area (Å²) in [6.45, 7) is 0.453. The lowest BCUT2D eigenvalue weighted by Gasteiger charge is -2.06. The Labute approximate surface area is 113 Å². The molecule has 2 rings (SSSR count). The average Bonchev–Trinajstić information content (AvgIpc) is 2.47. The van der Waals surface area contributed by atoms with Crippen LogP contribution in [0.3, 0.4) is 0 Å². The van der Waals surface area contributed by atoms with Crippen LogP contribution in [-0.4, -0.2) is 17.8 Å². The zero-order valence-electron chi connectivity index (χ0n) is 10.6. The molecule has 0 aromatic heterocycles. The molecular weight excluding hydrogens is 236 g/mol. The third kappa shape index (κ3) is 4.87. The van der Waals surface area contributed by atoms with Gasteiger partial charge < -0.3 is 9.84 Å². The van der Waals surface area contributed by atoms with E-state index >= 15 is 0 Å². The Morgan fingerprint density at radius 3 is 2.26 bits per heavy atom. The zero-order valence-corrected chi connectivity index (χ0v) is 10.6. The summed E-state index contributed by atoms with van der Waals surface area (Å²) in [6, 6.07) is 19.2. The summed E-state index contributed by atoms with van der Waals surface area (Å²) in [5.41, 5.74) is 0.908. The van der Waals surface area contributed by atoms with Crippen molar-refractivity contribution in [2.24, 2.45) is 0 Å². The highest BCUT2D eigenvalue weighted by atomic mass is 16.5. The second kappa shape index (κ2) is 7.25. The van der Waals surface area contributed by atoms with Gasteiger partial charge in [0.1, 0.15) is 11.9 Å². The van der Waals surface area contributed by atoms with Crippen LogP contribution in [0.25, 0.3) is 0 Å². The van der Waals surface area contributed by atoms with Gasteiger partial charge in [0.05, 0.1) is 6.61 Å². The summed E-state index contributed by atoms with van der Waals surface area (Å²) in [5, 5.41) is 9.73. The van der Waals surface area contributed by atoms with Crippen LogP contribution >= 0.6 is 0 Å². The summed E-state index contributed by atoms with van der Waals surface area (Å²) in [7, 11) is 0. The van der Waals surface area contributed by atoms with Crippen molar-refractivity contribution in [3.8, 4) is 17.6 Å². The number of benzene rings is 2. The number of para-hydroxylation sites is 1. The molecule has 0 saturated heterocycles. The quantitative estimate of drug-likeness (QED) is 0.848. The zero-order chi connectivity index (χ0) is 13.3. The van der Waals surface area contributed by atoms with E-state index < -0.39 is 6.10 Å². The lowest BCUT2D eigenvalue weighted by atomic mass is 10.2. The van der Waals surface area contributed by atoms with Crippen molar-refractivity contribution >= 4 is 0 Å². The summed E-state index contributed by atoms with van der Waals surface area (Å²) < 4.78 is 5.50. The highest BCUT2D eigenvalue weighted by Crippen LogP contribution is 2.08. The maximum atomic E-state index is 9.73. The van der Waals surface area contributed by atoms with Crippen LogP contribution in [0.5, 0.6) is 5.75 Å². The van der Waals surface area contributed by atoms with E-state index in [4.69, 9.17) is 4.74 Å². The second-order valence-corrected chi connectivity index (χ2v) is 4.10. The number of aliphatic hydroxyl groups is 1. The summed E-state index contributed by atoms with van der Waals surface area (Å²) in [5.74, 6) is 6.56.